The molecule has 3 aromatic rings. The van der Waals surface area contributed by atoms with E-state index in [0.29, 0.717) is 10.8 Å². The van der Waals surface area contributed by atoms with Crippen molar-refractivity contribution in [1.82, 2.24) is 9.99 Å². The Labute approximate surface area is 181 Å². The minimum atomic E-state index is -0.111. The topological polar surface area (TPSA) is 46.4 Å². The second-order valence-electron chi connectivity index (χ2n) is 6.83. The van der Waals surface area contributed by atoms with Gasteiger partial charge in [0.15, 0.2) is 0 Å². The molecule has 0 aliphatic carbocycles. The fraction of sp³-hybridized carbons (Fsp3) is 0.217. The van der Waals surface area contributed by atoms with E-state index in [0.717, 1.165) is 28.4 Å². The summed E-state index contributed by atoms with van der Waals surface area (Å²) >= 11 is 7.93. The first-order valence-corrected chi connectivity index (χ1v) is 10.9. The number of halogens is 1. The predicted octanol–water partition coefficient (Wildman–Crippen LogP) is 5.44. The molecule has 1 aromatic heterocycles. The van der Waals surface area contributed by atoms with Crippen molar-refractivity contribution in [2.24, 2.45) is 5.10 Å². The number of rotatable bonds is 7. The van der Waals surface area contributed by atoms with E-state index in [1.165, 1.54) is 11.1 Å². The number of hydrogen-bond donors (Lipinski definition) is 1. The SMILES string of the molecule is Cc1ccccc1CSCC(=O)N/N=C/c1cc(C)n(-c2ccccc2Cl)c1C. The molecule has 1 amide bonds. The Balaban J connectivity index is 1.58. The zero-order valence-corrected chi connectivity index (χ0v) is 18.3. The summed E-state index contributed by atoms with van der Waals surface area (Å²) in [4.78, 5) is 12.1. The summed E-state index contributed by atoms with van der Waals surface area (Å²) in [5.41, 5.74) is 9.05. The summed E-state index contributed by atoms with van der Waals surface area (Å²) in [6.45, 7) is 6.12. The molecule has 1 heterocycles. The molecular weight excluding hydrogens is 402 g/mol. The van der Waals surface area contributed by atoms with Gasteiger partial charge in [-0.25, -0.2) is 5.43 Å². The van der Waals surface area contributed by atoms with Gasteiger partial charge in [0.05, 0.1) is 22.7 Å². The number of carbonyl (C=O) groups is 1. The van der Waals surface area contributed by atoms with Crippen molar-refractivity contribution in [2.45, 2.75) is 26.5 Å². The molecule has 0 aliphatic heterocycles. The van der Waals surface area contributed by atoms with E-state index in [9.17, 15) is 4.79 Å². The third kappa shape index (κ3) is 5.31. The number of hydrogen-bond acceptors (Lipinski definition) is 3. The number of hydrazone groups is 1. The molecule has 4 nitrogen and oxygen atoms in total. The van der Waals surface area contributed by atoms with Crippen molar-refractivity contribution in [3.8, 4) is 5.69 Å². The lowest BCUT2D eigenvalue weighted by Crippen LogP contribution is -2.19. The van der Waals surface area contributed by atoms with Gasteiger partial charge in [-0.15, -0.1) is 11.8 Å². The lowest BCUT2D eigenvalue weighted by molar-refractivity contribution is -0.118. The minimum absolute atomic E-state index is 0.111. The molecule has 1 N–H and O–H groups in total. The van der Waals surface area contributed by atoms with Crippen LogP contribution < -0.4 is 5.43 Å². The van der Waals surface area contributed by atoms with Gasteiger partial charge in [0.1, 0.15) is 0 Å². The fourth-order valence-corrected chi connectivity index (χ4v) is 4.27. The van der Waals surface area contributed by atoms with E-state index in [1.54, 1.807) is 18.0 Å². The van der Waals surface area contributed by atoms with Crippen LogP contribution in [-0.4, -0.2) is 22.4 Å². The molecule has 6 heteroatoms. The molecule has 29 heavy (non-hydrogen) atoms. The van der Waals surface area contributed by atoms with Gasteiger partial charge >= 0.3 is 0 Å². The zero-order chi connectivity index (χ0) is 20.8. The maximum atomic E-state index is 12.1. The van der Waals surface area contributed by atoms with E-state index < -0.39 is 0 Å². The van der Waals surface area contributed by atoms with Crippen molar-refractivity contribution in [1.29, 1.82) is 0 Å². The van der Waals surface area contributed by atoms with Crippen molar-refractivity contribution < 1.29 is 4.79 Å². The number of amides is 1. The lowest BCUT2D eigenvalue weighted by Gasteiger charge is -2.11. The van der Waals surface area contributed by atoms with Gasteiger partial charge in [-0.3, -0.25) is 4.79 Å². The highest BCUT2D eigenvalue weighted by molar-refractivity contribution is 7.99. The number of nitrogens with one attached hydrogen (secondary N) is 1. The van der Waals surface area contributed by atoms with E-state index in [1.807, 2.05) is 56.3 Å². The van der Waals surface area contributed by atoms with Crippen LogP contribution in [0, 0.1) is 20.8 Å². The quantitative estimate of drug-likeness (QED) is 0.404. The molecule has 0 saturated heterocycles. The average Bonchev–Trinajstić information content (AvgIpc) is 2.97. The average molecular weight is 426 g/mol. The smallest absolute Gasteiger partial charge is 0.250 e. The molecule has 0 aliphatic rings. The minimum Gasteiger partial charge on any atom is -0.316 e. The summed E-state index contributed by atoms with van der Waals surface area (Å²) < 4.78 is 2.09. The molecule has 0 bridgehead atoms. The van der Waals surface area contributed by atoms with Crippen LogP contribution in [0.15, 0.2) is 59.7 Å². The molecule has 0 fully saturated rings. The summed E-state index contributed by atoms with van der Waals surface area (Å²) in [5, 5.41) is 4.82. The van der Waals surface area contributed by atoms with Crippen LogP contribution in [-0.2, 0) is 10.5 Å². The maximum absolute atomic E-state index is 12.1. The van der Waals surface area contributed by atoms with E-state index in [2.05, 4.69) is 34.2 Å². The van der Waals surface area contributed by atoms with Crippen molar-refractivity contribution in [3.05, 3.63) is 87.7 Å². The van der Waals surface area contributed by atoms with Crippen molar-refractivity contribution >= 4 is 35.5 Å². The number of nitrogens with zero attached hydrogens (tertiary/aromatic N) is 2. The number of aryl methyl sites for hydroxylation is 2. The van der Waals surface area contributed by atoms with Crippen LogP contribution in [0.3, 0.4) is 0 Å². The Hall–Kier alpha value is -2.50. The first-order valence-electron chi connectivity index (χ1n) is 9.35. The largest absolute Gasteiger partial charge is 0.316 e. The van der Waals surface area contributed by atoms with Gasteiger partial charge in [0.2, 0.25) is 5.91 Å². The Morgan fingerprint density at radius 3 is 2.62 bits per heavy atom. The highest BCUT2D eigenvalue weighted by Gasteiger charge is 2.11. The van der Waals surface area contributed by atoms with Crippen LogP contribution in [0.1, 0.15) is 28.1 Å². The molecule has 2 aromatic carbocycles. The first kappa shape index (κ1) is 21.2. The van der Waals surface area contributed by atoms with Crippen LogP contribution in [0.4, 0.5) is 0 Å². The van der Waals surface area contributed by atoms with Crippen LogP contribution in [0.25, 0.3) is 5.69 Å². The normalized spacial score (nSPS) is 11.2. The van der Waals surface area contributed by atoms with Gasteiger partial charge < -0.3 is 4.57 Å². The van der Waals surface area contributed by atoms with Gasteiger partial charge in [0.25, 0.3) is 0 Å². The Morgan fingerprint density at radius 1 is 1.14 bits per heavy atom. The molecule has 0 atom stereocenters. The second-order valence-corrected chi connectivity index (χ2v) is 8.22. The Bertz CT molecular complexity index is 1040. The number of benzene rings is 2. The van der Waals surface area contributed by atoms with Gasteiger partial charge in [-0.2, -0.15) is 5.10 Å². The maximum Gasteiger partial charge on any atom is 0.250 e. The lowest BCUT2D eigenvalue weighted by atomic mass is 10.1. The van der Waals surface area contributed by atoms with Gasteiger partial charge in [-0.05, 0) is 50.1 Å². The van der Waals surface area contributed by atoms with Crippen LogP contribution >= 0.6 is 23.4 Å². The molecule has 0 saturated carbocycles. The van der Waals surface area contributed by atoms with Crippen LogP contribution in [0.5, 0.6) is 0 Å². The number of carbonyl (C=O) groups excluding carboxylic acids is 1. The summed E-state index contributed by atoms with van der Waals surface area (Å²) in [6.07, 6.45) is 1.68. The summed E-state index contributed by atoms with van der Waals surface area (Å²) in [6, 6.07) is 18.0. The monoisotopic (exact) mass is 425 g/mol. The summed E-state index contributed by atoms with van der Waals surface area (Å²) in [5.74, 6) is 1.06. The third-order valence-electron chi connectivity index (χ3n) is 4.71. The highest BCUT2D eigenvalue weighted by atomic mass is 35.5. The van der Waals surface area contributed by atoms with Crippen molar-refractivity contribution in [2.75, 3.05) is 5.75 Å². The second kappa shape index (κ2) is 9.81. The molecular formula is C23H24ClN3OS. The Kier molecular flexibility index (Phi) is 7.18. The van der Waals surface area contributed by atoms with E-state index in [-0.39, 0.29) is 5.91 Å². The van der Waals surface area contributed by atoms with Crippen molar-refractivity contribution in [3.63, 3.8) is 0 Å². The predicted molar refractivity (Wildman–Crippen MR) is 123 cm³/mol. The Morgan fingerprint density at radius 2 is 1.86 bits per heavy atom. The highest BCUT2D eigenvalue weighted by Crippen LogP contribution is 2.25. The molecule has 150 valence electrons. The number of para-hydroxylation sites is 1. The fourth-order valence-electron chi connectivity index (χ4n) is 3.15. The van der Waals surface area contributed by atoms with E-state index >= 15 is 0 Å². The van der Waals surface area contributed by atoms with Crippen LogP contribution in [0.2, 0.25) is 5.02 Å². The molecule has 3 rings (SSSR count). The molecule has 0 spiro atoms. The van der Waals surface area contributed by atoms with E-state index in [4.69, 9.17) is 11.6 Å². The van der Waals surface area contributed by atoms with Gasteiger partial charge in [0, 0.05) is 22.7 Å². The summed E-state index contributed by atoms with van der Waals surface area (Å²) in [7, 11) is 0. The molecule has 0 radical (unpaired) electrons. The molecule has 0 unspecified atom stereocenters. The number of thioether (sulfide) groups is 1. The zero-order valence-electron chi connectivity index (χ0n) is 16.8. The first-order chi connectivity index (χ1) is 14.0. The number of aromatic nitrogens is 1. The third-order valence-corrected chi connectivity index (χ3v) is 6.01. The standard InChI is InChI=1S/C23H24ClN3OS/c1-16-8-4-5-9-19(16)14-29-15-23(28)26-25-13-20-12-17(2)27(18(20)3)22-11-7-6-10-21(22)24/h4-13H,14-15H2,1-3H3,(H,26,28)/b25-13+. The van der Waals surface area contributed by atoms with Gasteiger partial charge in [-0.1, -0.05) is 48.0 Å².